The maximum atomic E-state index is 11.7. The average molecular weight is 261 g/mol. The number of esters is 1. The van der Waals surface area contributed by atoms with Gasteiger partial charge in [0.05, 0.1) is 28.4 Å². The molecule has 0 aromatic carbocycles. The summed E-state index contributed by atoms with van der Waals surface area (Å²) >= 11 is 1.70. The van der Waals surface area contributed by atoms with Crippen molar-refractivity contribution < 1.29 is 9.53 Å². The second-order valence-corrected chi connectivity index (χ2v) is 5.25. The lowest BCUT2D eigenvalue weighted by atomic mass is 10.2. The molecule has 0 atom stereocenters. The number of nitrogens with zero attached hydrogens (tertiary/aromatic N) is 1. The van der Waals surface area contributed by atoms with Crippen LogP contribution in [-0.2, 0) is 4.74 Å². The largest absolute Gasteiger partial charge is 0.462 e. The van der Waals surface area contributed by atoms with Gasteiger partial charge in [-0.2, -0.15) is 0 Å². The third-order valence-corrected chi connectivity index (χ3v) is 3.60. The van der Waals surface area contributed by atoms with E-state index in [2.05, 4.69) is 18.0 Å². The van der Waals surface area contributed by atoms with Crippen LogP contribution in [0.5, 0.6) is 0 Å². The van der Waals surface area contributed by atoms with Crippen molar-refractivity contribution in [2.75, 3.05) is 6.61 Å². The average Bonchev–Trinajstić information content (AvgIpc) is 2.76. The summed E-state index contributed by atoms with van der Waals surface area (Å²) in [6.07, 6.45) is 0. The fraction of sp³-hybridized carbons (Fsp3) is 0.286. The van der Waals surface area contributed by atoms with Gasteiger partial charge in [0, 0.05) is 4.88 Å². The van der Waals surface area contributed by atoms with E-state index in [1.54, 1.807) is 24.3 Å². The fourth-order valence-electron chi connectivity index (χ4n) is 1.70. The number of rotatable bonds is 3. The summed E-state index contributed by atoms with van der Waals surface area (Å²) in [7, 11) is 0. The summed E-state index contributed by atoms with van der Waals surface area (Å²) in [6.45, 7) is 6.07. The summed E-state index contributed by atoms with van der Waals surface area (Å²) in [5, 5.41) is 0. The van der Waals surface area contributed by atoms with Gasteiger partial charge in [0.15, 0.2) is 0 Å². The zero-order chi connectivity index (χ0) is 13.1. The normalized spacial score (nSPS) is 10.4. The third-order valence-electron chi connectivity index (χ3n) is 2.57. The molecule has 0 fully saturated rings. The number of hydrogen-bond acceptors (Lipinski definition) is 4. The summed E-state index contributed by atoms with van der Waals surface area (Å²) in [5.41, 5.74) is 2.14. The Kier molecular flexibility index (Phi) is 3.77. The van der Waals surface area contributed by atoms with Gasteiger partial charge in [0.2, 0.25) is 0 Å². The number of aryl methyl sites for hydroxylation is 2. The van der Waals surface area contributed by atoms with Crippen molar-refractivity contribution in [3.8, 4) is 10.6 Å². The van der Waals surface area contributed by atoms with Crippen molar-refractivity contribution >= 4 is 17.3 Å². The van der Waals surface area contributed by atoms with Crippen LogP contribution >= 0.6 is 11.3 Å². The van der Waals surface area contributed by atoms with Gasteiger partial charge < -0.3 is 4.74 Å². The predicted octanol–water partition coefficient (Wildman–Crippen LogP) is 3.60. The van der Waals surface area contributed by atoms with E-state index >= 15 is 0 Å². The fourth-order valence-corrected chi connectivity index (χ4v) is 2.53. The molecule has 2 heterocycles. The Morgan fingerprint density at radius 1 is 1.28 bits per heavy atom. The van der Waals surface area contributed by atoms with Gasteiger partial charge >= 0.3 is 5.97 Å². The van der Waals surface area contributed by atoms with E-state index in [1.807, 2.05) is 19.1 Å². The summed E-state index contributed by atoms with van der Waals surface area (Å²) in [4.78, 5) is 18.5. The summed E-state index contributed by atoms with van der Waals surface area (Å²) in [6, 6.07) is 7.76. The molecule has 0 aliphatic carbocycles. The van der Waals surface area contributed by atoms with E-state index in [0.717, 1.165) is 10.6 Å². The number of carbonyl (C=O) groups is 1. The monoisotopic (exact) mass is 261 g/mol. The van der Waals surface area contributed by atoms with E-state index in [9.17, 15) is 4.79 Å². The molecule has 94 valence electrons. The maximum Gasteiger partial charge on any atom is 0.339 e. The summed E-state index contributed by atoms with van der Waals surface area (Å²) in [5.74, 6) is -0.309. The second-order valence-electron chi connectivity index (χ2n) is 3.96. The highest BCUT2D eigenvalue weighted by Gasteiger charge is 2.12. The molecule has 0 saturated carbocycles. The van der Waals surface area contributed by atoms with E-state index in [4.69, 9.17) is 4.74 Å². The molecule has 0 unspecified atom stereocenters. The van der Waals surface area contributed by atoms with Crippen molar-refractivity contribution in [2.45, 2.75) is 20.8 Å². The quantitative estimate of drug-likeness (QED) is 0.792. The molecule has 2 aromatic heterocycles. The number of pyridine rings is 1. The molecule has 0 spiro atoms. The molecular formula is C14H15NO2S. The minimum atomic E-state index is -0.309. The number of thiophene rings is 1. The Bertz CT molecular complexity index is 575. The smallest absolute Gasteiger partial charge is 0.339 e. The van der Waals surface area contributed by atoms with Crippen LogP contribution in [0.25, 0.3) is 10.6 Å². The van der Waals surface area contributed by atoms with Gasteiger partial charge in [-0.3, -0.25) is 4.98 Å². The van der Waals surface area contributed by atoms with Gasteiger partial charge in [-0.05, 0) is 45.0 Å². The molecule has 18 heavy (non-hydrogen) atoms. The molecular weight excluding hydrogens is 246 g/mol. The molecule has 2 rings (SSSR count). The van der Waals surface area contributed by atoms with Crippen LogP contribution in [0.3, 0.4) is 0 Å². The molecule has 0 radical (unpaired) electrons. The first kappa shape index (κ1) is 12.8. The van der Waals surface area contributed by atoms with Gasteiger partial charge in [-0.15, -0.1) is 11.3 Å². The number of ether oxygens (including phenoxy) is 1. The molecule has 0 amide bonds. The molecule has 0 aliphatic heterocycles. The lowest BCUT2D eigenvalue weighted by Crippen LogP contribution is -2.07. The van der Waals surface area contributed by atoms with Crippen molar-refractivity contribution in [3.63, 3.8) is 0 Å². The van der Waals surface area contributed by atoms with Gasteiger partial charge in [-0.1, -0.05) is 0 Å². The number of aromatic nitrogens is 1. The lowest BCUT2D eigenvalue weighted by molar-refractivity contribution is 0.0525. The molecule has 4 heteroatoms. The van der Waals surface area contributed by atoms with E-state index in [0.29, 0.717) is 17.9 Å². The van der Waals surface area contributed by atoms with Crippen LogP contribution in [0, 0.1) is 13.8 Å². The first-order valence-corrected chi connectivity index (χ1v) is 6.65. The standard InChI is InChI=1S/C14H15NO2S/c1-4-17-14(16)11-6-7-12(15-10(11)3)13-8-5-9(2)18-13/h5-8H,4H2,1-3H3. The highest BCUT2D eigenvalue weighted by atomic mass is 32.1. The topological polar surface area (TPSA) is 39.2 Å². The summed E-state index contributed by atoms with van der Waals surface area (Å²) < 4.78 is 4.98. The zero-order valence-corrected chi connectivity index (χ0v) is 11.5. The number of carbonyl (C=O) groups excluding carboxylic acids is 1. The van der Waals surface area contributed by atoms with E-state index in [-0.39, 0.29) is 5.97 Å². The number of hydrogen-bond donors (Lipinski definition) is 0. The Labute approximate surface area is 110 Å². The third kappa shape index (κ3) is 2.59. The van der Waals surface area contributed by atoms with Crippen molar-refractivity contribution in [1.82, 2.24) is 4.98 Å². The van der Waals surface area contributed by atoms with Crippen LogP contribution in [0.1, 0.15) is 27.9 Å². The highest BCUT2D eigenvalue weighted by molar-refractivity contribution is 7.15. The van der Waals surface area contributed by atoms with Crippen LogP contribution < -0.4 is 0 Å². The molecule has 0 N–H and O–H groups in total. The predicted molar refractivity (Wildman–Crippen MR) is 73.0 cm³/mol. The van der Waals surface area contributed by atoms with Crippen molar-refractivity contribution in [3.05, 3.63) is 40.4 Å². The Balaban J connectivity index is 2.33. The Morgan fingerprint density at radius 2 is 2.06 bits per heavy atom. The van der Waals surface area contributed by atoms with E-state index < -0.39 is 0 Å². The first-order chi connectivity index (χ1) is 8.61. The van der Waals surface area contributed by atoms with Crippen molar-refractivity contribution in [1.29, 1.82) is 0 Å². The maximum absolute atomic E-state index is 11.7. The van der Waals surface area contributed by atoms with Gasteiger partial charge in [0.1, 0.15) is 0 Å². The highest BCUT2D eigenvalue weighted by Crippen LogP contribution is 2.26. The van der Waals surface area contributed by atoms with Gasteiger partial charge in [-0.25, -0.2) is 4.79 Å². The van der Waals surface area contributed by atoms with Crippen LogP contribution in [-0.4, -0.2) is 17.6 Å². The van der Waals surface area contributed by atoms with E-state index in [1.165, 1.54) is 4.88 Å². The zero-order valence-electron chi connectivity index (χ0n) is 10.7. The minimum Gasteiger partial charge on any atom is -0.462 e. The molecule has 0 aliphatic rings. The second kappa shape index (κ2) is 5.31. The molecule has 0 saturated heterocycles. The van der Waals surface area contributed by atoms with Crippen LogP contribution in [0.15, 0.2) is 24.3 Å². The lowest BCUT2D eigenvalue weighted by Gasteiger charge is -2.06. The first-order valence-electron chi connectivity index (χ1n) is 5.83. The molecule has 2 aromatic rings. The molecule has 0 bridgehead atoms. The Hall–Kier alpha value is -1.68. The SMILES string of the molecule is CCOC(=O)c1ccc(-c2ccc(C)s2)nc1C. The van der Waals surface area contributed by atoms with Crippen LogP contribution in [0.2, 0.25) is 0 Å². The van der Waals surface area contributed by atoms with Crippen molar-refractivity contribution in [2.24, 2.45) is 0 Å². The molecule has 3 nitrogen and oxygen atoms in total. The van der Waals surface area contributed by atoms with Gasteiger partial charge in [0.25, 0.3) is 0 Å². The Morgan fingerprint density at radius 3 is 2.61 bits per heavy atom. The minimum absolute atomic E-state index is 0.309. The van der Waals surface area contributed by atoms with Crippen LogP contribution in [0.4, 0.5) is 0 Å².